The molecule has 0 aliphatic heterocycles. The fraction of sp³-hybridized carbons (Fsp3) is 0.333. The molecule has 4 nitrogen and oxygen atoms in total. The molecule has 0 saturated heterocycles. The minimum absolute atomic E-state index is 0.148. The first-order chi connectivity index (χ1) is 10.2. The van der Waals surface area contributed by atoms with E-state index in [4.69, 9.17) is 5.73 Å². The standard InChI is InChI=1S/C15H17FN4S/c1-2-5-20-15(18-9-19-20)8-12(17)14-6-10-3-4-11(16)7-13(10)21-14/h3-4,6-7,9,12H,2,5,8,17H2,1H3. The van der Waals surface area contributed by atoms with E-state index < -0.39 is 0 Å². The lowest BCUT2D eigenvalue weighted by Crippen LogP contribution is -2.16. The highest BCUT2D eigenvalue weighted by atomic mass is 32.1. The van der Waals surface area contributed by atoms with Crippen molar-refractivity contribution < 1.29 is 4.39 Å². The first kappa shape index (κ1) is 14.2. The highest BCUT2D eigenvalue weighted by Gasteiger charge is 2.14. The maximum absolute atomic E-state index is 13.2. The number of aromatic nitrogens is 3. The van der Waals surface area contributed by atoms with Crippen LogP contribution in [-0.4, -0.2) is 14.8 Å². The van der Waals surface area contributed by atoms with Crippen LogP contribution in [0.4, 0.5) is 4.39 Å². The van der Waals surface area contributed by atoms with Crippen molar-refractivity contribution in [3.8, 4) is 0 Å². The second-order valence-electron chi connectivity index (χ2n) is 5.04. The predicted molar refractivity (Wildman–Crippen MR) is 82.7 cm³/mol. The van der Waals surface area contributed by atoms with Crippen LogP contribution in [0.1, 0.15) is 30.1 Å². The van der Waals surface area contributed by atoms with E-state index in [1.165, 1.54) is 17.4 Å². The molecule has 1 unspecified atom stereocenters. The number of nitrogens with two attached hydrogens (primary N) is 1. The van der Waals surface area contributed by atoms with Gasteiger partial charge in [-0.2, -0.15) is 5.10 Å². The van der Waals surface area contributed by atoms with Gasteiger partial charge in [0.05, 0.1) is 0 Å². The van der Waals surface area contributed by atoms with E-state index >= 15 is 0 Å². The molecule has 1 aromatic carbocycles. The largest absolute Gasteiger partial charge is 0.323 e. The maximum atomic E-state index is 13.2. The average molecular weight is 304 g/mol. The summed E-state index contributed by atoms with van der Waals surface area (Å²) >= 11 is 1.54. The van der Waals surface area contributed by atoms with Crippen molar-refractivity contribution in [2.45, 2.75) is 32.4 Å². The van der Waals surface area contributed by atoms with Gasteiger partial charge in [0, 0.05) is 28.6 Å². The van der Waals surface area contributed by atoms with Gasteiger partial charge in [0.1, 0.15) is 18.0 Å². The summed E-state index contributed by atoms with van der Waals surface area (Å²) < 4.78 is 16.1. The number of hydrogen-bond acceptors (Lipinski definition) is 4. The smallest absolute Gasteiger partial charge is 0.138 e. The number of halogens is 1. The lowest BCUT2D eigenvalue weighted by molar-refractivity contribution is 0.550. The van der Waals surface area contributed by atoms with E-state index in [0.29, 0.717) is 6.42 Å². The number of fused-ring (bicyclic) bond motifs is 1. The van der Waals surface area contributed by atoms with E-state index in [1.807, 2.05) is 10.7 Å². The Balaban J connectivity index is 1.83. The zero-order chi connectivity index (χ0) is 14.8. The topological polar surface area (TPSA) is 56.7 Å². The third-order valence-corrected chi connectivity index (χ3v) is 4.63. The number of aryl methyl sites for hydroxylation is 1. The molecule has 1 atom stereocenters. The second kappa shape index (κ2) is 5.91. The predicted octanol–water partition coefficient (Wildman–Crippen LogP) is 3.28. The van der Waals surface area contributed by atoms with Crippen LogP contribution in [-0.2, 0) is 13.0 Å². The van der Waals surface area contributed by atoms with Gasteiger partial charge in [0.15, 0.2) is 0 Å². The molecule has 110 valence electrons. The molecule has 0 amide bonds. The summed E-state index contributed by atoms with van der Waals surface area (Å²) in [6.45, 7) is 2.95. The summed E-state index contributed by atoms with van der Waals surface area (Å²) in [7, 11) is 0. The Bertz CT molecular complexity index is 749. The van der Waals surface area contributed by atoms with Crippen molar-refractivity contribution in [3.05, 3.63) is 47.1 Å². The highest BCUT2D eigenvalue weighted by molar-refractivity contribution is 7.19. The maximum Gasteiger partial charge on any atom is 0.138 e. The lowest BCUT2D eigenvalue weighted by atomic mass is 10.1. The molecule has 3 rings (SSSR count). The summed E-state index contributed by atoms with van der Waals surface area (Å²) in [4.78, 5) is 5.33. The van der Waals surface area contributed by atoms with Crippen molar-refractivity contribution in [2.75, 3.05) is 0 Å². The van der Waals surface area contributed by atoms with E-state index in [0.717, 1.165) is 33.8 Å². The van der Waals surface area contributed by atoms with E-state index in [2.05, 4.69) is 17.0 Å². The van der Waals surface area contributed by atoms with Crippen LogP contribution in [0.5, 0.6) is 0 Å². The van der Waals surface area contributed by atoms with Crippen LogP contribution in [0.15, 0.2) is 30.6 Å². The molecule has 0 spiro atoms. The Morgan fingerprint density at radius 3 is 3.05 bits per heavy atom. The van der Waals surface area contributed by atoms with Gasteiger partial charge in [0.25, 0.3) is 0 Å². The van der Waals surface area contributed by atoms with Gasteiger partial charge in [-0.1, -0.05) is 13.0 Å². The molecule has 0 saturated carbocycles. The van der Waals surface area contributed by atoms with Crippen LogP contribution in [0.25, 0.3) is 10.1 Å². The quantitative estimate of drug-likeness (QED) is 0.787. The SMILES string of the molecule is CCCn1ncnc1CC(N)c1cc2ccc(F)cc2s1. The Morgan fingerprint density at radius 1 is 1.38 bits per heavy atom. The van der Waals surface area contributed by atoms with Gasteiger partial charge in [-0.25, -0.2) is 9.37 Å². The Morgan fingerprint density at radius 2 is 2.24 bits per heavy atom. The fourth-order valence-corrected chi connectivity index (χ4v) is 3.44. The van der Waals surface area contributed by atoms with Gasteiger partial charge in [-0.05, 0) is 30.0 Å². The van der Waals surface area contributed by atoms with Crippen molar-refractivity contribution in [2.24, 2.45) is 5.73 Å². The number of benzene rings is 1. The van der Waals surface area contributed by atoms with Gasteiger partial charge in [-0.15, -0.1) is 11.3 Å². The molecule has 0 aliphatic rings. The molecule has 0 radical (unpaired) electrons. The number of rotatable bonds is 5. The molecule has 0 bridgehead atoms. The van der Waals surface area contributed by atoms with E-state index in [9.17, 15) is 4.39 Å². The zero-order valence-corrected chi connectivity index (χ0v) is 12.6. The third-order valence-electron chi connectivity index (χ3n) is 3.40. The fourth-order valence-electron chi connectivity index (χ4n) is 2.35. The average Bonchev–Trinajstić information content (AvgIpc) is 3.06. The molecule has 0 aliphatic carbocycles. The van der Waals surface area contributed by atoms with Crippen molar-refractivity contribution in [1.82, 2.24) is 14.8 Å². The summed E-state index contributed by atoms with van der Waals surface area (Å²) in [5.41, 5.74) is 6.29. The molecule has 21 heavy (non-hydrogen) atoms. The van der Waals surface area contributed by atoms with E-state index in [1.54, 1.807) is 18.5 Å². The van der Waals surface area contributed by atoms with Crippen molar-refractivity contribution in [1.29, 1.82) is 0 Å². The lowest BCUT2D eigenvalue weighted by Gasteiger charge is -2.09. The molecule has 6 heteroatoms. The second-order valence-corrected chi connectivity index (χ2v) is 6.16. The molecule has 2 aromatic heterocycles. The first-order valence-electron chi connectivity index (χ1n) is 6.98. The number of thiophene rings is 1. The minimum atomic E-state index is -0.216. The Hall–Kier alpha value is -1.79. The molecular weight excluding hydrogens is 287 g/mol. The van der Waals surface area contributed by atoms with Gasteiger partial charge < -0.3 is 5.73 Å². The minimum Gasteiger partial charge on any atom is -0.323 e. The number of hydrogen-bond donors (Lipinski definition) is 1. The van der Waals surface area contributed by atoms with Crippen LogP contribution in [0.3, 0.4) is 0 Å². The van der Waals surface area contributed by atoms with Crippen LogP contribution < -0.4 is 5.73 Å². The van der Waals surface area contributed by atoms with Crippen molar-refractivity contribution >= 4 is 21.4 Å². The summed E-state index contributed by atoms with van der Waals surface area (Å²) in [6.07, 6.45) is 3.21. The molecule has 2 N–H and O–H groups in total. The summed E-state index contributed by atoms with van der Waals surface area (Å²) in [5, 5.41) is 5.24. The summed E-state index contributed by atoms with van der Waals surface area (Å²) in [5.74, 6) is 0.681. The zero-order valence-electron chi connectivity index (χ0n) is 11.8. The van der Waals surface area contributed by atoms with Gasteiger partial charge >= 0.3 is 0 Å². The van der Waals surface area contributed by atoms with Crippen LogP contribution in [0, 0.1) is 5.82 Å². The van der Waals surface area contributed by atoms with Crippen molar-refractivity contribution in [3.63, 3.8) is 0 Å². The normalized spacial score (nSPS) is 12.9. The highest BCUT2D eigenvalue weighted by Crippen LogP contribution is 2.30. The van der Waals surface area contributed by atoms with Crippen LogP contribution in [0.2, 0.25) is 0 Å². The Labute approximate surface area is 126 Å². The molecule has 0 fully saturated rings. The van der Waals surface area contributed by atoms with Crippen LogP contribution >= 0.6 is 11.3 Å². The number of nitrogens with zero attached hydrogens (tertiary/aromatic N) is 3. The summed E-state index contributed by atoms with van der Waals surface area (Å²) in [6, 6.07) is 6.70. The molecule has 2 heterocycles. The third kappa shape index (κ3) is 2.96. The molecule has 3 aromatic rings. The molecular formula is C15H17FN4S. The van der Waals surface area contributed by atoms with Gasteiger partial charge in [-0.3, -0.25) is 4.68 Å². The van der Waals surface area contributed by atoms with E-state index in [-0.39, 0.29) is 11.9 Å². The Kier molecular flexibility index (Phi) is 3.98. The monoisotopic (exact) mass is 304 g/mol. The first-order valence-corrected chi connectivity index (χ1v) is 7.80. The van der Waals surface area contributed by atoms with Gasteiger partial charge in [0.2, 0.25) is 0 Å².